The minimum atomic E-state index is -0.340. The molecule has 0 spiro atoms. The summed E-state index contributed by atoms with van der Waals surface area (Å²) in [6.45, 7) is 0. The zero-order valence-electron chi connectivity index (χ0n) is 14.1. The number of hydrogen-bond acceptors (Lipinski definition) is 6. The third kappa shape index (κ3) is 3.29. The van der Waals surface area contributed by atoms with Crippen LogP contribution in [0.2, 0.25) is 0 Å². The molecule has 4 aromatic rings. The van der Waals surface area contributed by atoms with Gasteiger partial charge in [-0.2, -0.15) is 0 Å². The molecule has 0 atom stereocenters. The summed E-state index contributed by atoms with van der Waals surface area (Å²) in [6, 6.07) is 14.4. The van der Waals surface area contributed by atoms with E-state index in [1.54, 1.807) is 25.2 Å². The molecule has 0 fully saturated rings. The Morgan fingerprint density at radius 1 is 1.19 bits per heavy atom. The van der Waals surface area contributed by atoms with Gasteiger partial charge in [0, 0.05) is 18.2 Å². The number of aromatic nitrogens is 4. The van der Waals surface area contributed by atoms with Gasteiger partial charge in [0.1, 0.15) is 5.01 Å². The highest BCUT2D eigenvalue weighted by Gasteiger charge is 2.13. The van der Waals surface area contributed by atoms with E-state index in [9.17, 15) is 9.59 Å². The van der Waals surface area contributed by atoms with Crippen molar-refractivity contribution in [2.24, 2.45) is 7.05 Å². The van der Waals surface area contributed by atoms with Gasteiger partial charge in [-0.25, -0.2) is 0 Å². The van der Waals surface area contributed by atoms with Gasteiger partial charge in [0.05, 0.1) is 10.9 Å². The van der Waals surface area contributed by atoms with Crippen LogP contribution in [-0.4, -0.2) is 25.7 Å². The van der Waals surface area contributed by atoms with Crippen LogP contribution in [0.15, 0.2) is 53.3 Å². The lowest BCUT2D eigenvalue weighted by molar-refractivity contribution is 0.102. The normalized spacial score (nSPS) is 10.9. The average Bonchev–Trinajstić information content (AvgIpc) is 3.15. The number of fused-ring (bicyclic) bond motifs is 1. The smallest absolute Gasteiger partial charge is 0.261 e. The van der Waals surface area contributed by atoms with Crippen LogP contribution in [0.25, 0.3) is 21.5 Å². The molecule has 1 amide bonds. The Balaban J connectivity index is 1.62. The highest BCUT2D eigenvalue weighted by Crippen LogP contribution is 2.26. The van der Waals surface area contributed by atoms with Gasteiger partial charge in [-0.05, 0) is 30.4 Å². The van der Waals surface area contributed by atoms with Gasteiger partial charge < -0.3 is 4.98 Å². The summed E-state index contributed by atoms with van der Waals surface area (Å²) < 4.78 is 1.64. The first-order valence-electron chi connectivity index (χ1n) is 7.96. The lowest BCUT2D eigenvalue weighted by atomic mass is 10.1. The molecule has 7 nitrogen and oxygen atoms in total. The lowest BCUT2D eigenvalue weighted by Gasteiger charge is -2.05. The number of carbonyl (C=O) groups is 1. The van der Waals surface area contributed by atoms with E-state index in [0.717, 1.165) is 10.6 Å². The van der Waals surface area contributed by atoms with E-state index < -0.39 is 0 Å². The largest absolute Gasteiger partial charge is 0.332 e. The summed E-state index contributed by atoms with van der Waals surface area (Å²) in [5, 5.41) is 12.4. The van der Waals surface area contributed by atoms with E-state index in [0.29, 0.717) is 26.4 Å². The van der Waals surface area contributed by atoms with Crippen molar-refractivity contribution in [1.29, 1.82) is 0 Å². The Labute approximate surface area is 162 Å². The summed E-state index contributed by atoms with van der Waals surface area (Å²) >= 11 is 6.41. The number of amides is 1. The molecule has 0 bridgehead atoms. The van der Waals surface area contributed by atoms with Gasteiger partial charge in [0.2, 0.25) is 5.13 Å². The monoisotopic (exact) mass is 395 g/mol. The molecular weight excluding hydrogens is 382 g/mol. The van der Waals surface area contributed by atoms with E-state index in [1.165, 1.54) is 15.9 Å². The van der Waals surface area contributed by atoms with Crippen molar-refractivity contribution in [1.82, 2.24) is 19.7 Å². The second-order valence-electron chi connectivity index (χ2n) is 5.79. The number of nitrogens with one attached hydrogen (secondary N) is 2. The first-order chi connectivity index (χ1) is 13.0. The number of hydrogen-bond donors (Lipinski definition) is 2. The molecule has 9 heteroatoms. The predicted octanol–water partition coefficient (Wildman–Crippen LogP) is 3.37. The fraction of sp³-hybridized carbons (Fsp3) is 0.0556. The van der Waals surface area contributed by atoms with Crippen LogP contribution < -0.4 is 10.9 Å². The molecular formula is C18H13N5O2S2. The minimum Gasteiger partial charge on any atom is -0.332 e. The highest BCUT2D eigenvalue weighted by atomic mass is 32.1. The van der Waals surface area contributed by atoms with Crippen LogP contribution in [0.3, 0.4) is 0 Å². The summed E-state index contributed by atoms with van der Waals surface area (Å²) in [7, 11) is 1.60. The molecule has 0 unspecified atom stereocenters. The number of aromatic amines is 1. The molecule has 0 aliphatic rings. The van der Waals surface area contributed by atoms with Crippen molar-refractivity contribution < 1.29 is 4.79 Å². The van der Waals surface area contributed by atoms with Crippen LogP contribution in [0.5, 0.6) is 0 Å². The van der Waals surface area contributed by atoms with Gasteiger partial charge >= 0.3 is 0 Å². The predicted molar refractivity (Wildman–Crippen MR) is 108 cm³/mol. The number of H-pyrrole nitrogens is 1. The first-order valence-corrected chi connectivity index (χ1v) is 9.19. The molecule has 0 aliphatic carbocycles. The van der Waals surface area contributed by atoms with Gasteiger partial charge in [-0.15, -0.1) is 10.2 Å². The van der Waals surface area contributed by atoms with E-state index >= 15 is 0 Å². The molecule has 2 heterocycles. The van der Waals surface area contributed by atoms with E-state index in [-0.39, 0.29) is 11.5 Å². The molecule has 0 saturated heterocycles. The van der Waals surface area contributed by atoms with Gasteiger partial charge in [0.15, 0.2) is 4.77 Å². The fourth-order valence-corrected chi connectivity index (χ4v) is 3.52. The standard InChI is InChI=1S/C18H13N5O2S2/c1-23-16(25)12-8-7-11(9-13(12)19-18(23)26)14(24)20-17-22-21-15(27-17)10-5-3-2-4-6-10/h2-9H,1H3,(H,19,26)(H,20,22,24). The van der Waals surface area contributed by atoms with Crippen molar-refractivity contribution in [2.45, 2.75) is 0 Å². The first kappa shape index (κ1) is 17.3. The van der Waals surface area contributed by atoms with Crippen LogP contribution in [0, 0.1) is 4.77 Å². The Kier molecular flexibility index (Phi) is 4.38. The average molecular weight is 395 g/mol. The number of nitrogens with zero attached hydrogens (tertiary/aromatic N) is 3. The van der Waals surface area contributed by atoms with E-state index in [4.69, 9.17) is 12.2 Å². The van der Waals surface area contributed by atoms with Crippen molar-refractivity contribution in [3.8, 4) is 10.6 Å². The molecule has 0 radical (unpaired) electrons. The second kappa shape index (κ2) is 6.86. The molecule has 134 valence electrons. The Bertz CT molecular complexity index is 1270. The quantitative estimate of drug-likeness (QED) is 0.519. The summed E-state index contributed by atoms with van der Waals surface area (Å²) in [6.07, 6.45) is 0. The van der Waals surface area contributed by atoms with Crippen LogP contribution in [-0.2, 0) is 7.05 Å². The fourth-order valence-electron chi connectivity index (χ4n) is 2.59. The van der Waals surface area contributed by atoms with Crippen molar-refractivity contribution in [2.75, 3.05) is 5.32 Å². The number of anilines is 1. The minimum absolute atomic E-state index is 0.211. The molecule has 27 heavy (non-hydrogen) atoms. The molecule has 4 rings (SSSR count). The highest BCUT2D eigenvalue weighted by molar-refractivity contribution is 7.71. The number of benzene rings is 2. The Morgan fingerprint density at radius 2 is 1.96 bits per heavy atom. The van der Waals surface area contributed by atoms with Crippen LogP contribution >= 0.6 is 23.6 Å². The topological polar surface area (TPSA) is 92.7 Å². The van der Waals surface area contributed by atoms with E-state index in [2.05, 4.69) is 20.5 Å². The summed E-state index contributed by atoms with van der Waals surface area (Å²) in [5.41, 5.74) is 1.62. The van der Waals surface area contributed by atoms with E-state index in [1.807, 2.05) is 30.3 Å². The summed E-state index contributed by atoms with van der Waals surface area (Å²) in [5.74, 6) is -0.340. The van der Waals surface area contributed by atoms with Crippen molar-refractivity contribution in [3.05, 3.63) is 69.2 Å². The molecule has 2 aromatic heterocycles. The Morgan fingerprint density at radius 3 is 2.74 bits per heavy atom. The van der Waals surface area contributed by atoms with Crippen LogP contribution in [0.1, 0.15) is 10.4 Å². The zero-order chi connectivity index (χ0) is 19.0. The Hall–Kier alpha value is -3.17. The zero-order valence-corrected chi connectivity index (χ0v) is 15.7. The lowest BCUT2D eigenvalue weighted by Crippen LogP contribution is -2.19. The second-order valence-corrected chi connectivity index (χ2v) is 7.15. The maximum absolute atomic E-state index is 12.5. The molecule has 2 N–H and O–H groups in total. The third-order valence-corrected chi connectivity index (χ3v) is 5.29. The van der Waals surface area contributed by atoms with Gasteiger partial charge in [0.25, 0.3) is 11.5 Å². The third-order valence-electron chi connectivity index (χ3n) is 4.03. The van der Waals surface area contributed by atoms with Crippen molar-refractivity contribution >= 4 is 45.5 Å². The molecule has 0 saturated carbocycles. The molecule has 2 aromatic carbocycles. The van der Waals surface area contributed by atoms with Crippen LogP contribution in [0.4, 0.5) is 5.13 Å². The maximum atomic E-state index is 12.5. The number of carbonyl (C=O) groups excluding carboxylic acids is 1. The summed E-state index contributed by atoms with van der Waals surface area (Å²) in [4.78, 5) is 27.7. The van der Waals surface area contributed by atoms with Gasteiger partial charge in [-0.1, -0.05) is 41.7 Å². The van der Waals surface area contributed by atoms with Crippen molar-refractivity contribution in [3.63, 3.8) is 0 Å². The molecule has 0 aliphatic heterocycles. The van der Waals surface area contributed by atoms with Gasteiger partial charge in [-0.3, -0.25) is 19.5 Å². The maximum Gasteiger partial charge on any atom is 0.261 e. The number of rotatable bonds is 3. The SMILES string of the molecule is Cn1c(=S)[nH]c2cc(C(=O)Nc3nnc(-c4ccccc4)s3)ccc2c1=O.